The Labute approximate surface area is 204 Å². The molecule has 34 heavy (non-hydrogen) atoms. The van der Waals surface area contributed by atoms with Gasteiger partial charge in [-0.3, -0.25) is 23.7 Å². The van der Waals surface area contributed by atoms with E-state index < -0.39 is 43.3 Å². The molecular formula is C20H22Cl2N3O8P. The van der Waals surface area contributed by atoms with Crippen molar-refractivity contribution in [2.45, 2.75) is 32.2 Å². The summed E-state index contributed by atoms with van der Waals surface area (Å²) in [5.74, 6) is -0.607. The average molecular weight is 534 g/mol. The predicted octanol–water partition coefficient (Wildman–Crippen LogP) is 2.96. The number of methoxy groups -OCH3 is 1. The van der Waals surface area contributed by atoms with Crippen molar-refractivity contribution >= 4 is 36.9 Å². The molecule has 0 fully saturated rings. The van der Waals surface area contributed by atoms with Gasteiger partial charge in [0.25, 0.3) is 5.56 Å². The zero-order valence-electron chi connectivity index (χ0n) is 18.3. The van der Waals surface area contributed by atoms with Crippen molar-refractivity contribution in [2.24, 2.45) is 0 Å². The van der Waals surface area contributed by atoms with E-state index in [1.807, 2.05) is 0 Å². The molecular weight excluding hydrogens is 512 g/mol. The third kappa shape index (κ3) is 6.38. The number of aryl methyl sites for hydroxylation is 1. The van der Waals surface area contributed by atoms with E-state index in [-0.39, 0.29) is 22.4 Å². The van der Waals surface area contributed by atoms with Crippen LogP contribution >= 0.6 is 30.9 Å². The molecule has 0 bridgehead atoms. The third-order valence-corrected chi connectivity index (χ3v) is 7.04. The van der Waals surface area contributed by atoms with Crippen LogP contribution in [0.5, 0.6) is 5.75 Å². The topological polar surface area (TPSA) is 138 Å². The number of esters is 1. The molecule has 1 aliphatic heterocycles. The fourth-order valence-corrected chi connectivity index (χ4v) is 4.70. The van der Waals surface area contributed by atoms with Gasteiger partial charge in [-0.2, -0.15) is 5.09 Å². The molecule has 0 saturated heterocycles. The molecule has 3 rings (SSSR count). The number of nitrogens with one attached hydrogen (secondary N) is 2. The van der Waals surface area contributed by atoms with Crippen LogP contribution in [-0.4, -0.2) is 41.4 Å². The van der Waals surface area contributed by atoms with E-state index >= 15 is 0 Å². The van der Waals surface area contributed by atoms with Gasteiger partial charge in [0, 0.05) is 17.8 Å². The van der Waals surface area contributed by atoms with E-state index in [1.165, 1.54) is 43.0 Å². The van der Waals surface area contributed by atoms with Crippen LogP contribution in [0.3, 0.4) is 0 Å². The van der Waals surface area contributed by atoms with Crippen LogP contribution in [0.4, 0.5) is 0 Å². The molecule has 0 amide bonds. The highest BCUT2D eigenvalue weighted by Gasteiger charge is 2.34. The number of ether oxygens (including phenoxy) is 2. The van der Waals surface area contributed by atoms with Crippen LogP contribution in [0.25, 0.3) is 0 Å². The molecule has 0 spiro atoms. The van der Waals surface area contributed by atoms with E-state index in [9.17, 15) is 18.9 Å². The van der Waals surface area contributed by atoms with Crippen LogP contribution in [0, 0.1) is 6.92 Å². The van der Waals surface area contributed by atoms with Crippen LogP contribution in [0.2, 0.25) is 10.0 Å². The number of hydrogen-bond acceptors (Lipinski definition) is 8. The molecule has 4 atom stereocenters. The van der Waals surface area contributed by atoms with Crippen LogP contribution in [0.15, 0.2) is 46.1 Å². The van der Waals surface area contributed by atoms with Gasteiger partial charge in [-0.05, 0) is 32.1 Å². The number of benzene rings is 1. The Morgan fingerprint density at radius 3 is 2.71 bits per heavy atom. The highest BCUT2D eigenvalue weighted by atomic mass is 35.5. The summed E-state index contributed by atoms with van der Waals surface area (Å²) in [5.41, 5.74) is -0.805. The van der Waals surface area contributed by atoms with Crippen molar-refractivity contribution in [3.05, 3.63) is 73.0 Å². The normalized spacial score (nSPS) is 20.0. The Morgan fingerprint density at radius 2 is 2.03 bits per heavy atom. The Hall–Kier alpha value is -2.40. The second-order valence-electron chi connectivity index (χ2n) is 7.26. The Balaban J connectivity index is 1.73. The molecule has 1 aromatic heterocycles. The van der Waals surface area contributed by atoms with Crippen molar-refractivity contribution in [2.75, 3.05) is 13.7 Å². The van der Waals surface area contributed by atoms with Gasteiger partial charge in [0.2, 0.25) is 0 Å². The largest absolute Gasteiger partial charge is 0.468 e. The second kappa shape index (κ2) is 10.9. The number of aromatic nitrogens is 2. The standard InChI is InChI=1S/C20H22Cl2N3O8P/c1-11-9-25(20(28)23-18(11)26)17-7-5-14(32-17)10-31-34(29,24-12(2)19(27)30-3)33-13-4-6-15(21)16(22)8-13/h4-9,12,14,17H,10H2,1-3H3,(H,24,29)(H,23,26,28)/t12?,14-,17+,34?/m0/s1. The first kappa shape index (κ1) is 26.2. The number of aromatic amines is 1. The average Bonchev–Trinajstić information content (AvgIpc) is 3.25. The number of rotatable bonds is 9. The van der Waals surface area contributed by atoms with E-state index in [0.717, 1.165) is 0 Å². The van der Waals surface area contributed by atoms with Crippen molar-refractivity contribution in [3.63, 3.8) is 0 Å². The first-order valence-corrected chi connectivity index (χ1v) is 12.2. The van der Waals surface area contributed by atoms with Crippen molar-refractivity contribution in [3.8, 4) is 5.75 Å². The molecule has 1 aromatic carbocycles. The molecule has 0 saturated carbocycles. The second-order valence-corrected chi connectivity index (χ2v) is 9.77. The van der Waals surface area contributed by atoms with Gasteiger partial charge in [-0.1, -0.05) is 29.3 Å². The van der Waals surface area contributed by atoms with Gasteiger partial charge < -0.3 is 14.0 Å². The minimum absolute atomic E-state index is 0.0818. The van der Waals surface area contributed by atoms with E-state index in [2.05, 4.69) is 14.8 Å². The maximum atomic E-state index is 13.4. The van der Waals surface area contributed by atoms with Gasteiger partial charge in [-0.25, -0.2) is 9.36 Å². The number of halogens is 2. The Kier molecular flexibility index (Phi) is 8.40. The molecule has 0 radical (unpaired) electrons. The van der Waals surface area contributed by atoms with Crippen molar-refractivity contribution in [1.82, 2.24) is 14.6 Å². The lowest BCUT2D eigenvalue weighted by atomic mass is 10.3. The summed E-state index contributed by atoms with van der Waals surface area (Å²) in [7, 11) is -2.97. The van der Waals surface area contributed by atoms with Gasteiger partial charge in [0.1, 0.15) is 17.9 Å². The van der Waals surface area contributed by atoms with Crippen LogP contribution in [-0.2, 0) is 23.4 Å². The molecule has 2 unspecified atom stereocenters. The molecule has 184 valence electrons. The zero-order chi connectivity index (χ0) is 25.0. The minimum Gasteiger partial charge on any atom is -0.468 e. The maximum Gasteiger partial charge on any atom is 0.459 e. The molecule has 1 aliphatic rings. The fraction of sp³-hybridized carbons (Fsp3) is 0.350. The fourth-order valence-electron chi connectivity index (χ4n) is 2.92. The molecule has 0 aliphatic carbocycles. The smallest absolute Gasteiger partial charge is 0.459 e. The third-order valence-electron chi connectivity index (χ3n) is 4.66. The highest BCUT2D eigenvalue weighted by Crippen LogP contribution is 2.46. The summed E-state index contributed by atoms with van der Waals surface area (Å²) in [4.78, 5) is 37.7. The molecule has 2 N–H and O–H groups in total. The zero-order valence-corrected chi connectivity index (χ0v) is 20.7. The molecule has 2 aromatic rings. The van der Waals surface area contributed by atoms with Gasteiger partial charge in [0.05, 0.1) is 23.8 Å². The number of nitrogens with zero attached hydrogens (tertiary/aromatic N) is 1. The number of hydrogen-bond donors (Lipinski definition) is 2. The summed E-state index contributed by atoms with van der Waals surface area (Å²) >= 11 is 11.9. The van der Waals surface area contributed by atoms with Crippen molar-refractivity contribution in [1.29, 1.82) is 0 Å². The first-order valence-electron chi connectivity index (χ1n) is 9.92. The summed E-state index contributed by atoms with van der Waals surface area (Å²) in [6.45, 7) is 2.72. The lowest BCUT2D eigenvalue weighted by Crippen LogP contribution is -2.35. The van der Waals surface area contributed by atoms with E-state index in [4.69, 9.17) is 37.0 Å². The van der Waals surface area contributed by atoms with E-state index in [0.29, 0.717) is 5.56 Å². The summed E-state index contributed by atoms with van der Waals surface area (Å²) in [6.07, 6.45) is 3.03. The highest BCUT2D eigenvalue weighted by molar-refractivity contribution is 7.52. The SMILES string of the molecule is COC(=O)C(C)NP(=O)(OC[C@@H]1C=C[C@H](n2cc(C)c(=O)[nH]c2=O)O1)Oc1ccc(Cl)c(Cl)c1. The monoisotopic (exact) mass is 533 g/mol. The number of H-pyrrole nitrogens is 1. The quantitative estimate of drug-likeness (QED) is 0.283. The summed E-state index contributed by atoms with van der Waals surface area (Å²) in [6, 6.07) is 3.19. The molecule has 11 nitrogen and oxygen atoms in total. The molecule has 14 heteroatoms. The van der Waals surface area contributed by atoms with E-state index in [1.54, 1.807) is 19.1 Å². The lowest BCUT2D eigenvalue weighted by molar-refractivity contribution is -0.142. The number of carbonyl (C=O) groups is 1. The predicted molar refractivity (Wildman–Crippen MR) is 124 cm³/mol. The van der Waals surface area contributed by atoms with Crippen LogP contribution < -0.4 is 20.9 Å². The Morgan fingerprint density at radius 1 is 1.29 bits per heavy atom. The lowest BCUT2D eigenvalue weighted by Gasteiger charge is -2.24. The first-order chi connectivity index (χ1) is 16.0. The summed E-state index contributed by atoms with van der Waals surface area (Å²) < 4.78 is 36.1. The van der Waals surface area contributed by atoms with Crippen LogP contribution in [0.1, 0.15) is 18.7 Å². The Bertz CT molecular complexity index is 1260. The van der Waals surface area contributed by atoms with Gasteiger partial charge >= 0.3 is 19.4 Å². The number of carbonyl (C=O) groups excluding carboxylic acids is 1. The minimum atomic E-state index is -4.15. The maximum absolute atomic E-state index is 13.4. The van der Waals surface area contributed by atoms with Crippen molar-refractivity contribution < 1.29 is 27.9 Å². The molecule has 2 heterocycles. The summed E-state index contributed by atoms with van der Waals surface area (Å²) in [5, 5.41) is 2.93. The van der Waals surface area contributed by atoms with Gasteiger partial charge in [0.15, 0.2) is 6.23 Å². The van der Waals surface area contributed by atoms with Gasteiger partial charge in [-0.15, -0.1) is 0 Å².